The normalized spacial score (nSPS) is 16.2. The number of likely N-dealkylation sites (tertiary alicyclic amines) is 1. The minimum absolute atomic E-state index is 0.774. The molecular weight excluding hydrogens is 320 g/mol. The maximum absolute atomic E-state index is 5.95. The van der Waals surface area contributed by atoms with Crippen molar-refractivity contribution in [2.75, 3.05) is 26.2 Å². The summed E-state index contributed by atoms with van der Waals surface area (Å²) in [5, 5.41) is 1.29. The number of para-hydroxylation sites is 1. The van der Waals surface area contributed by atoms with Crippen LogP contribution in [0.2, 0.25) is 0 Å². The third-order valence-electron chi connectivity index (χ3n) is 5.51. The molecule has 0 saturated carbocycles. The second-order valence-electron chi connectivity index (χ2n) is 7.52. The Bertz CT molecular complexity index is 829. The number of piperidine rings is 1. The van der Waals surface area contributed by atoms with Gasteiger partial charge in [-0.3, -0.25) is 4.90 Å². The van der Waals surface area contributed by atoms with Gasteiger partial charge in [-0.05, 0) is 67.1 Å². The molecular formula is C23H28N2O. The number of benzene rings is 2. The van der Waals surface area contributed by atoms with E-state index < -0.39 is 0 Å². The molecule has 0 N–H and O–H groups in total. The highest BCUT2D eigenvalue weighted by Crippen LogP contribution is 2.19. The monoisotopic (exact) mass is 348 g/mol. The van der Waals surface area contributed by atoms with Crippen molar-refractivity contribution in [2.45, 2.75) is 26.3 Å². The maximum Gasteiger partial charge on any atom is 0.119 e. The molecule has 0 spiro atoms. The van der Waals surface area contributed by atoms with Gasteiger partial charge in [0.05, 0.1) is 0 Å². The van der Waals surface area contributed by atoms with Gasteiger partial charge in [-0.25, -0.2) is 0 Å². The molecule has 3 nitrogen and oxygen atoms in total. The minimum atomic E-state index is 0.774. The zero-order valence-corrected chi connectivity index (χ0v) is 15.6. The van der Waals surface area contributed by atoms with E-state index in [1.54, 1.807) is 0 Å². The molecule has 1 saturated heterocycles. The van der Waals surface area contributed by atoms with Crippen LogP contribution >= 0.6 is 0 Å². The molecule has 1 aromatic heterocycles. The standard InChI is InChI=1S/C23H28N2O/c1-19-10-13-24(14-11-19)16-17-26-22-8-6-20(7-9-22)18-25-15-12-21-4-2-3-5-23(21)25/h2-9,12,15,19H,10-11,13-14,16-18H2,1H3. The van der Waals surface area contributed by atoms with Crippen molar-refractivity contribution >= 4 is 10.9 Å². The first kappa shape index (κ1) is 17.2. The van der Waals surface area contributed by atoms with Crippen molar-refractivity contribution in [3.8, 4) is 5.75 Å². The number of hydrogen-bond donors (Lipinski definition) is 0. The van der Waals surface area contributed by atoms with E-state index in [0.29, 0.717) is 0 Å². The van der Waals surface area contributed by atoms with E-state index in [4.69, 9.17) is 4.74 Å². The fourth-order valence-electron chi connectivity index (χ4n) is 3.74. The van der Waals surface area contributed by atoms with Crippen LogP contribution in [0.1, 0.15) is 25.3 Å². The summed E-state index contributed by atoms with van der Waals surface area (Å²) in [4.78, 5) is 2.52. The molecule has 4 rings (SSSR count). The van der Waals surface area contributed by atoms with E-state index >= 15 is 0 Å². The van der Waals surface area contributed by atoms with Crippen LogP contribution in [-0.4, -0.2) is 35.7 Å². The number of ether oxygens (including phenoxy) is 1. The van der Waals surface area contributed by atoms with Crippen LogP contribution in [0.15, 0.2) is 60.8 Å². The highest BCUT2D eigenvalue weighted by Gasteiger charge is 2.15. The Morgan fingerprint density at radius 2 is 1.73 bits per heavy atom. The molecule has 136 valence electrons. The molecule has 0 bridgehead atoms. The lowest BCUT2D eigenvalue weighted by Crippen LogP contribution is -2.35. The number of hydrogen-bond acceptors (Lipinski definition) is 2. The van der Waals surface area contributed by atoms with E-state index in [2.05, 4.69) is 77.2 Å². The van der Waals surface area contributed by atoms with Crippen LogP contribution in [-0.2, 0) is 6.54 Å². The number of nitrogens with zero attached hydrogens (tertiary/aromatic N) is 2. The lowest BCUT2D eigenvalue weighted by atomic mass is 9.99. The van der Waals surface area contributed by atoms with Gasteiger partial charge in [0, 0.05) is 24.8 Å². The minimum Gasteiger partial charge on any atom is -0.492 e. The smallest absolute Gasteiger partial charge is 0.119 e. The van der Waals surface area contributed by atoms with Gasteiger partial charge in [-0.2, -0.15) is 0 Å². The van der Waals surface area contributed by atoms with Gasteiger partial charge in [0.15, 0.2) is 0 Å². The van der Waals surface area contributed by atoms with E-state index in [9.17, 15) is 0 Å². The first-order valence-electron chi connectivity index (χ1n) is 9.76. The molecule has 1 fully saturated rings. The summed E-state index contributed by atoms with van der Waals surface area (Å²) in [6.45, 7) is 7.48. The van der Waals surface area contributed by atoms with Crippen molar-refractivity contribution in [3.05, 3.63) is 66.4 Å². The Morgan fingerprint density at radius 1 is 0.962 bits per heavy atom. The summed E-state index contributed by atoms with van der Waals surface area (Å²) >= 11 is 0. The van der Waals surface area contributed by atoms with Gasteiger partial charge in [-0.15, -0.1) is 0 Å². The number of rotatable bonds is 6. The summed E-state index contributed by atoms with van der Waals surface area (Å²) in [5.74, 6) is 1.86. The fourth-order valence-corrected chi connectivity index (χ4v) is 3.74. The highest BCUT2D eigenvalue weighted by atomic mass is 16.5. The number of fused-ring (bicyclic) bond motifs is 1. The van der Waals surface area contributed by atoms with Gasteiger partial charge in [-0.1, -0.05) is 37.3 Å². The van der Waals surface area contributed by atoms with Gasteiger partial charge in [0.2, 0.25) is 0 Å². The summed E-state index contributed by atoms with van der Waals surface area (Å²) in [5.41, 5.74) is 2.58. The van der Waals surface area contributed by atoms with Gasteiger partial charge >= 0.3 is 0 Å². The molecule has 3 aromatic rings. The van der Waals surface area contributed by atoms with E-state index in [1.165, 1.54) is 42.4 Å². The van der Waals surface area contributed by atoms with Crippen LogP contribution in [0.4, 0.5) is 0 Å². The highest BCUT2D eigenvalue weighted by molar-refractivity contribution is 5.80. The van der Waals surface area contributed by atoms with E-state index in [-0.39, 0.29) is 0 Å². The summed E-state index contributed by atoms with van der Waals surface area (Å²) < 4.78 is 8.24. The predicted molar refractivity (Wildman–Crippen MR) is 108 cm³/mol. The first-order valence-corrected chi connectivity index (χ1v) is 9.76. The molecule has 1 aliphatic heterocycles. The van der Waals surface area contributed by atoms with E-state index in [0.717, 1.165) is 31.4 Å². The van der Waals surface area contributed by atoms with Crippen LogP contribution in [0.3, 0.4) is 0 Å². The third kappa shape index (κ3) is 4.10. The predicted octanol–water partition coefficient (Wildman–Crippen LogP) is 4.80. The number of aromatic nitrogens is 1. The van der Waals surface area contributed by atoms with Crippen molar-refractivity contribution in [2.24, 2.45) is 5.92 Å². The van der Waals surface area contributed by atoms with Gasteiger partial charge < -0.3 is 9.30 Å². The van der Waals surface area contributed by atoms with Crippen LogP contribution in [0.5, 0.6) is 5.75 Å². The topological polar surface area (TPSA) is 17.4 Å². The largest absolute Gasteiger partial charge is 0.492 e. The molecule has 0 radical (unpaired) electrons. The van der Waals surface area contributed by atoms with Crippen molar-refractivity contribution in [1.82, 2.24) is 9.47 Å². The molecule has 3 heteroatoms. The molecule has 1 aliphatic rings. The average Bonchev–Trinajstić information content (AvgIpc) is 3.08. The van der Waals surface area contributed by atoms with Crippen molar-refractivity contribution in [3.63, 3.8) is 0 Å². The van der Waals surface area contributed by atoms with Crippen molar-refractivity contribution in [1.29, 1.82) is 0 Å². The van der Waals surface area contributed by atoms with Crippen molar-refractivity contribution < 1.29 is 4.74 Å². The Morgan fingerprint density at radius 3 is 2.54 bits per heavy atom. The molecule has 2 aromatic carbocycles. The van der Waals surface area contributed by atoms with Crippen LogP contribution in [0.25, 0.3) is 10.9 Å². The summed E-state index contributed by atoms with van der Waals surface area (Å²) in [6.07, 6.45) is 4.81. The lowest BCUT2D eigenvalue weighted by molar-refractivity contribution is 0.160. The van der Waals surface area contributed by atoms with Gasteiger partial charge in [0.1, 0.15) is 12.4 Å². The average molecular weight is 348 g/mol. The SMILES string of the molecule is CC1CCN(CCOc2ccc(Cn3ccc4ccccc43)cc2)CC1. The van der Waals surface area contributed by atoms with E-state index in [1.807, 2.05) is 0 Å². The van der Waals surface area contributed by atoms with Gasteiger partial charge in [0.25, 0.3) is 0 Å². The fraction of sp³-hybridized carbons (Fsp3) is 0.391. The first-order chi connectivity index (χ1) is 12.8. The quantitative estimate of drug-likeness (QED) is 0.636. The summed E-state index contributed by atoms with van der Waals surface area (Å²) in [7, 11) is 0. The maximum atomic E-state index is 5.95. The molecule has 2 heterocycles. The Hall–Kier alpha value is -2.26. The second-order valence-corrected chi connectivity index (χ2v) is 7.52. The Kier molecular flexibility index (Phi) is 5.26. The van der Waals surface area contributed by atoms with Crippen LogP contribution in [0, 0.1) is 5.92 Å². The van der Waals surface area contributed by atoms with Crippen LogP contribution < -0.4 is 4.74 Å². The lowest BCUT2D eigenvalue weighted by Gasteiger charge is -2.29. The second kappa shape index (κ2) is 7.96. The molecule has 0 aliphatic carbocycles. The Labute approximate surface area is 156 Å². The zero-order valence-electron chi connectivity index (χ0n) is 15.6. The Balaban J connectivity index is 1.29. The third-order valence-corrected chi connectivity index (χ3v) is 5.51. The molecule has 0 atom stereocenters. The molecule has 0 unspecified atom stereocenters. The molecule has 26 heavy (non-hydrogen) atoms. The molecule has 0 amide bonds. The summed E-state index contributed by atoms with van der Waals surface area (Å²) in [6, 6.07) is 19.2. The zero-order chi connectivity index (χ0) is 17.8.